The van der Waals surface area contributed by atoms with Gasteiger partial charge in [0, 0.05) is 6.54 Å². The number of aromatic amines is 1. The highest BCUT2D eigenvalue weighted by Crippen LogP contribution is 2.27. The largest absolute Gasteiger partial charge is 0.331 e. The van der Waals surface area contributed by atoms with Gasteiger partial charge in [-0.1, -0.05) is 35.3 Å². The van der Waals surface area contributed by atoms with E-state index >= 15 is 0 Å². The Morgan fingerprint density at radius 1 is 1.08 bits per heavy atom. The van der Waals surface area contributed by atoms with Gasteiger partial charge < -0.3 is 16.0 Å². The monoisotopic (exact) mass is 378 g/mol. The summed E-state index contributed by atoms with van der Waals surface area (Å²) in [4.78, 5) is 15.1. The average molecular weight is 379 g/mol. The summed E-state index contributed by atoms with van der Waals surface area (Å²) in [5, 5.41) is 4.22. The normalized spacial score (nSPS) is 11.3. The number of hydrogen-bond donors (Lipinski definition) is 3. The molecule has 0 unspecified atom stereocenters. The number of nitrogens with zero attached hydrogens (tertiary/aromatic N) is 1. The quantitative estimate of drug-likeness (QED) is 0.551. The number of H-pyrrole nitrogens is 1. The second kappa shape index (κ2) is 8.06. The molecule has 3 aromatic rings. The van der Waals surface area contributed by atoms with E-state index in [4.69, 9.17) is 28.9 Å². The van der Waals surface area contributed by atoms with E-state index in [9.17, 15) is 4.79 Å². The fourth-order valence-corrected chi connectivity index (χ4v) is 3.07. The minimum Gasteiger partial charge on any atom is -0.330 e. The van der Waals surface area contributed by atoms with Gasteiger partial charge >= 0.3 is 5.69 Å². The Hall–Kier alpha value is -1.79. The van der Waals surface area contributed by atoms with Gasteiger partial charge in [-0.2, -0.15) is 0 Å². The third-order valence-corrected chi connectivity index (χ3v) is 4.78. The first-order valence-corrected chi connectivity index (χ1v) is 8.95. The highest BCUT2D eigenvalue weighted by molar-refractivity contribution is 6.42. The fraction of sp³-hybridized carbons (Fsp3) is 0.278. The van der Waals surface area contributed by atoms with Crippen molar-refractivity contribution in [1.82, 2.24) is 14.9 Å². The minimum absolute atomic E-state index is 0.221. The molecule has 4 N–H and O–H groups in total. The summed E-state index contributed by atoms with van der Waals surface area (Å²) >= 11 is 12.1. The van der Waals surface area contributed by atoms with Gasteiger partial charge in [-0.25, -0.2) is 4.79 Å². The molecule has 132 valence electrons. The molecule has 0 aliphatic rings. The Balaban J connectivity index is 1.81. The maximum Gasteiger partial charge on any atom is 0.331 e. The van der Waals surface area contributed by atoms with Gasteiger partial charge in [0.15, 0.2) is 0 Å². The van der Waals surface area contributed by atoms with Crippen molar-refractivity contribution in [3.63, 3.8) is 0 Å². The Bertz CT molecular complexity index is 915. The van der Waals surface area contributed by atoms with E-state index in [2.05, 4.69) is 10.3 Å². The molecule has 0 saturated heterocycles. The Morgan fingerprint density at radius 2 is 1.80 bits per heavy atom. The fourth-order valence-electron chi connectivity index (χ4n) is 2.75. The molecule has 0 radical (unpaired) electrons. The lowest BCUT2D eigenvalue weighted by atomic mass is 10.2. The number of unbranched alkanes of at least 4 members (excludes halogenated alkanes) is 1. The first kappa shape index (κ1) is 18.0. The van der Waals surface area contributed by atoms with Gasteiger partial charge in [-0.3, -0.25) is 4.57 Å². The van der Waals surface area contributed by atoms with Crippen molar-refractivity contribution in [2.24, 2.45) is 5.73 Å². The van der Waals surface area contributed by atoms with E-state index in [1.807, 2.05) is 24.3 Å². The molecule has 0 atom stereocenters. The lowest BCUT2D eigenvalue weighted by Gasteiger charge is -2.07. The van der Waals surface area contributed by atoms with E-state index in [1.54, 1.807) is 16.7 Å². The molecule has 0 amide bonds. The highest BCUT2D eigenvalue weighted by atomic mass is 35.5. The Labute approximate surface area is 155 Å². The van der Waals surface area contributed by atoms with E-state index in [0.29, 0.717) is 21.1 Å². The van der Waals surface area contributed by atoms with Crippen molar-refractivity contribution in [3.8, 4) is 5.69 Å². The molecule has 0 aliphatic carbocycles. The van der Waals surface area contributed by atoms with Crippen LogP contribution in [0.3, 0.4) is 0 Å². The zero-order valence-corrected chi connectivity index (χ0v) is 15.2. The first-order valence-electron chi connectivity index (χ1n) is 8.20. The van der Waals surface area contributed by atoms with Crippen molar-refractivity contribution in [1.29, 1.82) is 0 Å². The van der Waals surface area contributed by atoms with Crippen LogP contribution >= 0.6 is 23.2 Å². The SMILES string of the molecule is NCCCCNCc1ccc(-n2c(=O)[nH]c3cc(Cl)c(Cl)cc32)cc1. The third-order valence-electron chi connectivity index (χ3n) is 4.06. The smallest absolute Gasteiger partial charge is 0.330 e. The Kier molecular flexibility index (Phi) is 5.81. The number of benzene rings is 2. The topological polar surface area (TPSA) is 75.8 Å². The van der Waals surface area contributed by atoms with E-state index in [1.165, 1.54) is 0 Å². The lowest BCUT2D eigenvalue weighted by molar-refractivity contribution is 0.627. The van der Waals surface area contributed by atoms with Gasteiger partial charge in [-0.05, 0) is 55.8 Å². The summed E-state index contributed by atoms with van der Waals surface area (Å²) < 4.78 is 1.59. The minimum atomic E-state index is -0.221. The van der Waals surface area contributed by atoms with Gasteiger partial charge in [0.05, 0.1) is 26.8 Å². The summed E-state index contributed by atoms with van der Waals surface area (Å²) in [6, 6.07) is 11.2. The van der Waals surface area contributed by atoms with Gasteiger partial charge in [0.1, 0.15) is 0 Å². The standard InChI is InChI=1S/C18H20Cl2N4O/c19-14-9-16-17(10-15(14)20)24(18(25)23-16)13-5-3-12(4-6-13)11-22-8-2-1-7-21/h3-6,9-10,22H,1-2,7-8,11,21H2,(H,23,25). The number of hydrogen-bond acceptors (Lipinski definition) is 3. The maximum absolute atomic E-state index is 12.3. The first-order chi connectivity index (χ1) is 12.1. The van der Waals surface area contributed by atoms with Crippen LogP contribution in [0.5, 0.6) is 0 Å². The van der Waals surface area contributed by atoms with Crippen LogP contribution in [-0.4, -0.2) is 22.6 Å². The number of nitrogens with two attached hydrogens (primary N) is 1. The average Bonchev–Trinajstić information content (AvgIpc) is 2.91. The molecule has 0 bridgehead atoms. The van der Waals surface area contributed by atoms with Crippen LogP contribution in [0.4, 0.5) is 0 Å². The lowest BCUT2D eigenvalue weighted by Crippen LogP contribution is -2.16. The number of halogens is 2. The molecular formula is C18H20Cl2N4O. The summed E-state index contributed by atoms with van der Waals surface area (Å²) in [5.74, 6) is 0. The molecule has 1 aromatic heterocycles. The van der Waals surface area contributed by atoms with Crippen molar-refractivity contribution in [2.45, 2.75) is 19.4 Å². The molecule has 7 heteroatoms. The number of fused-ring (bicyclic) bond motifs is 1. The predicted octanol–water partition coefficient (Wildman–Crippen LogP) is 3.45. The third kappa shape index (κ3) is 4.07. The molecule has 0 spiro atoms. The van der Waals surface area contributed by atoms with Crippen LogP contribution in [0.15, 0.2) is 41.2 Å². The molecule has 1 heterocycles. The molecule has 0 saturated carbocycles. The van der Waals surface area contributed by atoms with Crippen molar-refractivity contribution in [2.75, 3.05) is 13.1 Å². The second-order valence-corrected chi connectivity index (χ2v) is 6.70. The molecule has 2 aromatic carbocycles. The van der Waals surface area contributed by atoms with Crippen LogP contribution in [-0.2, 0) is 6.54 Å². The van der Waals surface area contributed by atoms with Crippen molar-refractivity contribution < 1.29 is 0 Å². The number of imidazole rings is 1. The molecular weight excluding hydrogens is 359 g/mol. The summed E-state index contributed by atoms with van der Waals surface area (Å²) in [6.45, 7) is 2.46. The summed E-state index contributed by atoms with van der Waals surface area (Å²) in [6.07, 6.45) is 2.10. The van der Waals surface area contributed by atoms with Gasteiger partial charge in [0.25, 0.3) is 0 Å². The van der Waals surface area contributed by atoms with Gasteiger partial charge in [-0.15, -0.1) is 0 Å². The molecule has 5 nitrogen and oxygen atoms in total. The van der Waals surface area contributed by atoms with Crippen LogP contribution in [0.25, 0.3) is 16.7 Å². The predicted molar refractivity (Wildman–Crippen MR) is 104 cm³/mol. The number of aromatic nitrogens is 2. The second-order valence-electron chi connectivity index (χ2n) is 5.89. The van der Waals surface area contributed by atoms with Crippen molar-refractivity contribution >= 4 is 34.2 Å². The zero-order chi connectivity index (χ0) is 17.8. The van der Waals surface area contributed by atoms with E-state index in [-0.39, 0.29) is 5.69 Å². The zero-order valence-electron chi connectivity index (χ0n) is 13.7. The van der Waals surface area contributed by atoms with Crippen LogP contribution < -0.4 is 16.7 Å². The van der Waals surface area contributed by atoms with Crippen LogP contribution in [0.1, 0.15) is 18.4 Å². The van der Waals surface area contributed by atoms with Crippen LogP contribution in [0, 0.1) is 0 Å². The molecule has 0 fully saturated rings. The van der Waals surface area contributed by atoms with Crippen molar-refractivity contribution in [3.05, 3.63) is 62.5 Å². The molecule has 3 rings (SSSR count). The van der Waals surface area contributed by atoms with Crippen LogP contribution in [0.2, 0.25) is 10.0 Å². The summed E-state index contributed by atoms with van der Waals surface area (Å²) in [7, 11) is 0. The van der Waals surface area contributed by atoms with E-state index < -0.39 is 0 Å². The van der Waals surface area contributed by atoms with Gasteiger partial charge in [0.2, 0.25) is 0 Å². The number of nitrogens with one attached hydrogen (secondary N) is 2. The molecule has 25 heavy (non-hydrogen) atoms. The molecule has 0 aliphatic heterocycles. The maximum atomic E-state index is 12.3. The van der Waals surface area contributed by atoms with E-state index in [0.717, 1.165) is 43.7 Å². The summed E-state index contributed by atoms with van der Waals surface area (Å²) in [5.41, 5.74) is 8.55. The Morgan fingerprint density at radius 3 is 2.52 bits per heavy atom. The highest BCUT2D eigenvalue weighted by Gasteiger charge is 2.11. The number of rotatable bonds is 7.